The lowest BCUT2D eigenvalue weighted by molar-refractivity contribution is -0.132. The number of β-amino-alcohol motifs (C(OH)–C–C–N with tert-alkyl or cyclic N) is 1. The first-order valence-electron chi connectivity index (χ1n) is 8.98. The molecule has 1 saturated heterocycles. The van der Waals surface area contributed by atoms with Crippen molar-refractivity contribution < 1.29 is 14.6 Å². The van der Waals surface area contributed by atoms with E-state index in [9.17, 15) is 9.90 Å². The van der Waals surface area contributed by atoms with Crippen LogP contribution in [0, 0.1) is 0 Å². The van der Waals surface area contributed by atoms with E-state index in [-0.39, 0.29) is 5.91 Å². The number of hydrogen-bond donors (Lipinski definition) is 2. The number of hydrogen-bond acceptors (Lipinski definition) is 4. The van der Waals surface area contributed by atoms with Crippen molar-refractivity contribution in [1.82, 2.24) is 14.8 Å². The number of nitrogens with zero attached hydrogens (tertiary/aromatic N) is 2. The van der Waals surface area contributed by atoms with Gasteiger partial charge in [-0.05, 0) is 18.6 Å². The highest BCUT2D eigenvalue weighted by atomic mass is 16.5. The van der Waals surface area contributed by atoms with E-state index in [4.69, 9.17) is 4.74 Å². The maximum absolute atomic E-state index is 12.6. The molecule has 1 aromatic heterocycles. The maximum Gasteiger partial charge on any atom is 0.227 e. The molecule has 1 fully saturated rings. The zero-order chi connectivity index (χ0) is 17.6. The van der Waals surface area contributed by atoms with Crippen molar-refractivity contribution in [3.63, 3.8) is 0 Å². The van der Waals surface area contributed by atoms with Crippen LogP contribution in [0.2, 0.25) is 0 Å². The van der Waals surface area contributed by atoms with Gasteiger partial charge in [0.2, 0.25) is 5.91 Å². The van der Waals surface area contributed by atoms with Crippen molar-refractivity contribution in [3.8, 4) is 0 Å². The van der Waals surface area contributed by atoms with E-state index < -0.39 is 6.10 Å². The molecular formula is C19H27N3O3. The van der Waals surface area contributed by atoms with E-state index in [1.165, 1.54) is 0 Å². The third-order valence-electron chi connectivity index (χ3n) is 4.72. The third-order valence-corrected chi connectivity index (χ3v) is 4.72. The number of aromatic amines is 1. The van der Waals surface area contributed by atoms with Gasteiger partial charge in [0.15, 0.2) is 0 Å². The molecular weight excluding hydrogens is 318 g/mol. The molecule has 0 spiro atoms. The van der Waals surface area contributed by atoms with Crippen LogP contribution in [0.25, 0.3) is 10.9 Å². The number of amides is 1. The Balaban J connectivity index is 1.48. The average molecular weight is 345 g/mol. The molecule has 0 aliphatic carbocycles. The van der Waals surface area contributed by atoms with Gasteiger partial charge in [-0.2, -0.15) is 0 Å². The predicted octanol–water partition coefficient (Wildman–Crippen LogP) is 1.25. The molecule has 2 N–H and O–H groups in total. The highest BCUT2D eigenvalue weighted by molar-refractivity contribution is 5.88. The van der Waals surface area contributed by atoms with Gasteiger partial charge in [-0.25, -0.2) is 0 Å². The van der Waals surface area contributed by atoms with Crippen molar-refractivity contribution in [2.45, 2.75) is 19.4 Å². The number of carbonyl (C=O) groups excluding carboxylic acids is 1. The lowest BCUT2D eigenvalue weighted by atomic mass is 10.1. The molecule has 2 heterocycles. The standard InChI is InChI=1S/C19H27N3O3/c1-2-25-14-16(23)13-21-7-9-22(10-8-21)19(24)11-15-12-20-18-6-4-3-5-17(15)18/h3-6,12,16,20,23H,2,7-11,13-14H2,1H3/t16-/m0/s1. The van der Waals surface area contributed by atoms with Crippen LogP contribution in [0.5, 0.6) is 0 Å². The number of aromatic nitrogens is 1. The summed E-state index contributed by atoms with van der Waals surface area (Å²) in [6.07, 6.45) is 1.90. The monoisotopic (exact) mass is 345 g/mol. The number of carbonyl (C=O) groups is 1. The summed E-state index contributed by atoms with van der Waals surface area (Å²) >= 11 is 0. The fourth-order valence-electron chi connectivity index (χ4n) is 3.34. The molecule has 1 aliphatic heterocycles. The summed E-state index contributed by atoms with van der Waals surface area (Å²) in [4.78, 5) is 19.9. The van der Waals surface area contributed by atoms with Gasteiger partial charge in [0.05, 0.1) is 19.1 Å². The summed E-state index contributed by atoms with van der Waals surface area (Å²) < 4.78 is 5.25. The lowest BCUT2D eigenvalue weighted by Gasteiger charge is -2.35. The van der Waals surface area contributed by atoms with Crippen molar-refractivity contribution in [3.05, 3.63) is 36.0 Å². The second-order valence-corrected chi connectivity index (χ2v) is 6.53. The first-order chi connectivity index (χ1) is 12.2. The summed E-state index contributed by atoms with van der Waals surface area (Å²) in [6, 6.07) is 8.06. The Kier molecular flexibility index (Phi) is 6.07. The molecule has 1 aliphatic rings. The van der Waals surface area contributed by atoms with Gasteiger partial charge in [-0.15, -0.1) is 0 Å². The number of piperazine rings is 1. The third kappa shape index (κ3) is 4.60. The first kappa shape index (κ1) is 17.9. The van der Waals surface area contributed by atoms with Crippen molar-refractivity contribution >= 4 is 16.8 Å². The van der Waals surface area contributed by atoms with Crippen LogP contribution in [0.3, 0.4) is 0 Å². The van der Waals surface area contributed by atoms with E-state index in [1.807, 2.05) is 42.3 Å². The second-order valence-electron chi connectivity index (χ2n) is 6.53. The smallest absolute Gasteiger partial charge is 0.227 e. The van der Waals surface area contributed by atoms with E-state index in [1.54, 1.807) is 0 Å². The van der Waals surface area contributed by atoms with Crippen molar-refractivity contribution in [2.24, 2.45) is 0 Å². The Bertz CT molecular complexity index is 692. The highest BCUT2D eigenvalue weighted by Gasteiger charge is 2.23. The molecule has 3 rings (SSSR count). The van der Waals surface area contributed by atoms with Gasteiger partial charge >= 0.3 is 0 Å². The number of nitrogens with one attached hydrogen (secondary N) is 1. The lowest BCUT2D eigenvalue weighted by Crippen LogP contribution is -2.51. The van der Waals surface area contributed by atoms with Gasteiger partial charge in [0, 0.05) is 56.4 Å². The number of aliphatic hydroxyl groups excluding tert-OH is 1. The number of benzene rings is 1. The molecule has 1 atom stereocenters. The Labute approximate surface area is 148 Å². The minimum absolute atomic E-state index is 0.166. The topological polar surface area (TPSA) is 68.8 Å². The Morgan fingerprint density at radius 3 is 2.80 bits per heavy atom. The fourth-order valence-corrected chi connectivity index (χ4v) is 3.34. The molecule has 1 aromatic carbocycles. The largest absolute Gasteiger partial charge is 0.389 e. The van der Waals surface area contributed by atoms with Gasteiger partial charge in [0.1, 0.15) is 0 Å². The van der Waals surface area contributed by atoms with E-state index in [0.29, 0.717) is 39.3 Å². The van der Waals surface area contributed by atoms with Crippen molar-refractivity contribution in [1.29, 1.82) is 0 Å². The quantitative estimate of drug-likeness (QED) is 0.793. The normalized spacial score (nSPS) is 17.1. The van der Waals surface area contributed by atoms with Gasteiger partial charge in [-0.3, -0.25) is 9.69 Å². The van der Waals surface area contributed by atoms with Crippen LogP contribution in [-0.2, 0) is 16.0 Å². The number of H-pyrrole nitrogens is 1. The van der Waals surface area contributed by atoms with Gasteiger partial charge in [-0.1, -0.05) is 18.2 Å². The van der Waals surface area contributed by atoms with Crippen molar-refractivity contribution in [2.75, 3.05) is 45.9 Å². The van der Waals surface area contributed by atoms with Gasteiger partial charge in [0.25, 0.3) is 0 Å². The number of rotatable bonds is 7. The molecule has 0 radical (unpaired) electrons. The molecule has 6 nitrogen and oxygen atoms in total. The summed E-state index contributed by atoms with van der Waals surface area (Å²) in [7, 11) is 0. The second kappa shape index (κ2) is 8.47. The van der Waals surface area contributed by atoms with E-state index >= 15 is 0 Å². The number of aliphatic hydroxyl groups is 1. The summed E-state index contributed by atoms with van der Waals surface area (Å²) in [5, 5.41) is 11.0. The minimum atomic E-state index is -0.464. The van der Waals surface area contributed by atoms with E-state index in [0.717, 1.165) is 29.6 Å². The highest BCUT2D eigenvalue weighted by Crippen LogP contribution is 2.19. The van der Waals surface area contributed by atoms with Gasteiger partial charge < -0.3 is 19.7 Å². The summed E-state index contributed by atoms with van der Waals surface area (Å²) in [5.74, 6) is 0.166. The molecule has 1 amide bonds. The van der Waals surface area contributed by atoms with Crippen LogP contribution in [0.4, 0.5) is 0 Å². The number of para-hydroxylation sites is 1. The molecule has 136 valence electrons. The van der Waals surface area contributed by atoms with E-state index in [2.05, 4.69) is 9.88 Å². The maximum atomic E-state index is 12.6. The van der Waals surface area contributed by atoms with Crippen LogP contribution < -0.4 is 0 Å². The Hall–Kier alpha value is -1.89. The summed E-state index contributed by atoms with van der Waals surface area (Å²) in [6.45, 7) is 6.52. The molecule has 0 saturated carbocycles. The SMILES string of the molecule is CCOC[C@@H](O)CN1CCN(C(=O)Cc2c[nH]c3ccccc23)CC1. The predicted molar refractivity (Wildman–Crippen MR) is 97.5 cm³/mol. The zero-order valence-corrected chi connectivity index (χ0v) is 14.8. The number of ether oxygens (including phenoxy) is 1. The van der Waals surface area contributed by atoms with Crippen LogP contribution in [-0.4, -0.2) is 77.8 Å². The first-order valence-corrected chi connectivity index (χ1v) is 8.98. The summed E-state index contributed by atoms with van der Waals surface area (Å²) in [5.41, 5.74) is 2.12. The molecule has 25 heavy (non-hydrogen) atoms. The molecule has 0 unspecified atom stereocenters. The Morgan fingerprint density at radius 1 is 1.28 bits per heavy atom. The minimum Gasteiger partial charge on any atom is -0.389 e. The van der Waals surface area contributed by atoms with Crippen LogP contribution in [0.1, 0.15) is 12.5 Å². The fraction of sp³-hybridized carbons (Fsp3) is 0.526. The average Bonchev–Trinajstić information content (AvgIpc) is 3.03. The molecule has 0 bridgehead atoms. The zero-order valence-electron chi connectivity index (χ0n) is 14.8. The molecule has 6 heteroatoms. The van der Waals surface area contributed by atoms with Crippen LogP contribution in [0.15, 0.2) is 30.5 Å². The Morgan fingerprint density at radius 2 is 2.04 bits per heavy atom. The van der Waals surface area contributed by atoms with Crippen LogP contribution >= 0.6 is 0 Å². The number of fused-ring (bicyclic) bond motifs is 1. The molecule has 2 aromatic rings.